The van der Waals surface area contributed by atoms with Crippen LogP contribution in [0.1, 0.15) is 18.0 Å². The average molecular weight is 200 g/mol. The van der Waals surface area contributed by atoms with Gasteiger partial charge in [-0.25, -0.2) is 8.78 Å². The van der Waals surface area contributed by atoms with Crippen LogP contribution in [0.4, 0.5) is 8.78 Å². The van der Waals surface area contributed by atoms with Crippen LogP contribution in [0.3, 0.4) is 0 Å². The lowest BCUT2D eigenvalue weighted by Crippen LogP contribution is -2.20. The Labute approximate surface area is 79.7 Å². The van der Waals surface area contributed by atoms with Crippen molar-refractivity contribution in [2.45, 2.75) is 12.5 Å². The summed E-state index contributed by atoms with van der Waals surface area (Å²) in [7, 11) is 0. The second-order valence-electron chi connectivity index (χ2n) is 2.98. The highest BCUT2D eigenvalue weighted by Crippen LogP contribution is 2.16. The molecule has 0 saturated carbocycles. The van der Waals surface area contributed by atoms with Gasteiger partial charge in [0.15, 0.2) is 0 Å². The highest BCUT2D eigenvalue weighted by molar-refractivity contribution is 5.74. The summed E-state index contributed by atoms with van der Waals surface area (Å²) in [6.45, 7) is 0. The number of benzene rings is 1. The minimum atomic E-state index is -0.766. The normalized spacial score (nSPS) is 12.5. The second kappa shape index (κ2) is 4.15. The van der Waals surface area contributed by atoms with Gasteiger partial charge in [0.1, 0.15) is 11.6 Å². The predicted octanol–water partition coefficient (Wildman–Crippen LogP) is 0.840. The molecule has 14 heavy (non-hydrogen) atoms. The summed E-state index contributed by atoms with van der Waals surface area (Å²) in [5.74, 6) is -2.05. The number of hydrogen-bond donors (Lipinski definition) is 2. The maximum absolute atomic E-state index is 12.7. The summed E-state index contributed by atoms with van der Waals surface area (Å²) >= 11 is 0. The summed E-state index contributed by atoms with van der Waals surface area (Å²) in [6, 6.07) is 2.13. The Hall–Kier alpha value is -1.49. The number of amides is 1. The lowest BCUT2D eigenvalue weighted by molar-refractivity contribution is -0.118. The van der Waals surface area contributed by atoms with Crippen LogP contribution in [-0.4, -0.2) is 5.91 Å². The van der Waals surface area contributed by atoms with Gasteiger partial charge in [0, 0.05) is 18.5 Å². The Bertz CT molecular complexity index is 334. The lowest BCUT2D eigenvalue weighted by atomic mass is 10.0. The summed E-state index contributed by atoms with van der Waals surface area (Å²) in [5.41, 5.74) is 10.6. The number of hydrogen-bond acceptors (Lipinski definition) is 2. The molecule has 3 nitrogen and oxygen atoms in total. The van der Waals surface area contributed by atoms with Gasteiger partial charge in [0.2, 0.25) is 5.91 Å². The van der Waals surface area contributed by atoms with Crippen LogP contribution in [0.2, 0.25) is 0 Å². The van der Waals surface area contributed by atoms with Gasteiger partial charge in [-0.1, -0.05) is 0 Å². The third-order valence-electron chi connectivity index (χ3n) is 1.73. The van der Waals surface area contributed by atoms with E-state index >= 15 is 0 Å². The zero-order valence-electron chi connectivity index (χ0n) is 7.34. The van der Waals surface area contributed by atoms with Crippen LogP contribution >= 0.6 is 0 Å². The number of carbonyl (C=O) groups excluding carboxylic acids is 1. The number of carbonyl (C=O) groups is 1. The van der Waals surface area contributed by atoms with E-state index in [9.17, 15) is 13.6 Å². The molecule has 0 spiro atoms. The Morgan fingerprint density at radius 1 is 1.29 bits per heavy atom. The fourth-order valence-electron chi connectivity index (χ4n) is 1.12. The van der Waals surface area contributed by atoms with Gasteiger partial charge < -0.3 is 11.5 Å². The molecule has 1 amide bonds. The molecule has 0 aliphatic rings. The molecule has 5 heteroatoms. The van der Waals surface area contributed by atoms with Crippen molar-refractivity contribution < 1.29 is 13.6 Å². The molecular weight excluding hydrogens is 190 g/mol. The molecule has 1 aromatic carbocycles. The highest BCUT2D eigenvalue weighted by atomic mass is 19.1. The molecule has 0 radical (unpaired) electrons. The minimum Gasteiger partial charge on any atom is -0.370 e. The molecule has 0 aromatic heterocycles. The Morgan fingerprint density at radius 3 is 2.21 bits per heavy atom. The van der Waals surface area contributed by atoms with E-state index in [1.807, 2.05) is 0 Å². The summed E-state index contributed by atoms with van der Waals surface area (Å²) in [5, 5.41) is 0. The van der Waals surface area contributed by atoms with E-state index < -0.39 is 23.6 Å². The van der Waals surface area contributed by atoms with E-state index in [1.54, 1.807) is 0 Å². The fourth-order valence-corrected chi connectivity index (χ4v) is 1.12. The van der Waals surface area contributed by atoms with Gasteiger partial charge in [-0.3, -0.25) is 4.79 Å². The van der Waals surface area contributed by atoms with Gasteiger partial charge in [-0.15, -0.1) is 0 Å². The van der Waals surface area contributed by atoms with Gasteiger partial charge in [0.05, 0.1) is 0 Å². The molecule has 1 rings (SSSR count). The Balaban J connectivity index is 2.89. The molecule has 0 aliphatic heterocycles. The molecule has 0 bridgehead atoms. The summed E-state index contributed by atoms with van der Waals surface area (Å²) < 4.78 is 25.4. The molecule has 76 valence electrons. The maximum atomic E-state index is 12.7. The molecule has 0 fully saturated rings. The van der Waals surface area contributed by atoms with E-state index in [1.165, 1.54) is 0 Å². The van der Waals surface area contributed by atoms with Crippen molar-refractivity contribution in [3.8, 4) is 0 Å². The van der Waals surface area contributed by atoms with Gasteiger partial charge in [-0.05, 0) is 17.7 Å². The standard InChI is InChI=1S/C9H10F2N2O/c10-6-1-5(2-7(11)3-6)8(12)4-9(13)14/h1-3,8H,4,12H2,(H2,13,14). The van der Waals surface area contributed by atoms with Gasteiger partial charge >= 0.3 is 0 Å². The first-order valence-corrected chi connectivity index (χ1v) is 3.99. The zero-order chi connectivity index (χ0) is 10.7. The number of halogens is 2. The SMILES string of the molecule is NC(=O)CC(N)c1cc(F)cc(F)c1. The molecular formula is C9H10F2N2O. The molecule has 4 N–H and O–H groups in total. The van der Waals surface area contributed by atoms with Crippen molar-refractivity contribution in [1.29, 1.82) is 0 Å². The minimum absolute atomic E-state index is 0.136. The molecule has 0 heterocycles. The van der Waals surface area contributed by atoms with Gasteiger partial charge in [-0.2, -0.15) is 0 Å². The van der Waals surface area contributed by atoms with Crippen molar-refractivity contribution in [1.82, 2.24) is 0 Å². The van der Waals surface area contributed by atoms with Crippen molar-refractivity contribution in [2.24, 2.45) is 11.5 Å². The smallest absolute Gasteiger partial charge is 0.219 e. The summed E-state index contributed by atoms with van der Waals surface area (Å²) in [6.07, 6.45) is -0.136. The fraction of sp³-hybridized carbons (Fsp3) is 0.222. The van der Waals surface area contributed by atoms with E-state index in [2.05, 4.69) is 0 Å². The lowest BCUT2D eigenvalue weighted by Gasteiger charge is -2.09. The number of primary amides is 1. The first kappa shape index (κ1) is 10.6. The van der Waals surface area contributed by atoms with Crippen LogP contribution in [0.15, 0.2) is 18.2 Å². The average Bonchev–Trinajstić information content (AvgIpc) is 2.00. The van der Waals surface area contributed by atoms with Crippen molar-refractivity contribution in [3.63, 3.8) is 0 Å². The predicted molar refractivity (Wildman–Crippen MR) is 47.1 cm³/mol. The molecule has 1 unspecified atom stereocenters. The summed E-state index contributed by atoms with van der Waals surface area (Å²) in [4.78, 5) is 10.5. The van der Waals surface area contributed by atoms with Crippen LogP contribution < -0.4 is 11.5 Å². The second-order valence-corrected chi connectivity index (χ2v) is 2.98. The van der Waals surface area contributed by atoms with E-state index in [4.69, 9.17) is 11.5 Å². The van der Waals surface area contributed by atoms with E-state index in [-0.39, 0.29) is 12.0 Å². The molecule has 1 aromatic rings. The van der Waals surface area contributed by atoms with Gasteiger partial charge in [0.25, 0.3) is 0 Å². The van der Waals surface area contributed by atoms with Crippen LogP contribution in [0.25, 0.3) is 0 Å². The van der Waals surface area contributed by atoms with E-state index in [0.717, 1.165) is 18.2 Å². The van der Waals surface area contributed by atoms with Crippen LogP contribution in [-0.2, 0) is 4.79 Å². The monoisotopic (exact) mass is 200 g/mol. The van der Waals surface area contributed by atoms with Crippen molar-refractivity contribution >= 4 is 5.91 Å². The number of nitrogens with two attached hydrogens (primary N) is 2. The van der Waals surface area contributed by atoms with Crippen molar-refractivity contribution in [3.05, 3.63) is 35.4 Å². The van der Waals surface area contributed by atoms with Crippen LogP contribution in [0, 0.1) is 11.6 Å². The number of rotatable bonds is 3. The zero-order valence-corrected chi connectivity index (χ0v) is 7.34. The first-order chi connectivity index (χ1) is 6.49. The van der Waals surface area contributed by atoms with Crippen molar-refractivity contribution in [2.75, 3.05) is 0 Å². The third kappa shape index (κ3) is 2.77. The van der Waals surface area contributed by atoms with E-state index in [0.29, 0.717) is 0 Å². The quantitative estimate of drug-likeness (QED) is 0.759. The first-order valence-electron chi connectivity index (χ1n) is 3.99. The third-order valence-corrected chi connectivity index (χ3v) is 1.73. The topological polar surface area (TPSA) is 69.1 Å². The molecule has 0 aliphatic carbocycles. The maximum Gasteiger partial charge on any atom is 0.219 e. The molecule has 1 atom stereocenters. The Morgan fingerprint density at radius 2 is 1.79 bits per heavy atom. The highest BCUT2D eigenvalue weighted by Gasteiger charge is 2.11. The Kier molecular flexibility index (Phi) is 3.14. The molecule has 0 saturated heterocycles. The largest absolute Gasteiger partial charge is 0.370 e. The van der Waals surface area contributed by atoms with Crippen LogP contribution in [0.5, 0.6) is 0 Å².